The Morgan fingerprint density at radius 1 is 1.32 bits per heavy atom. The van der Waals surface area contributed by atoms with Gasteiger partial charge in [0.25, 0.3) is 5.91 Å². The van der Waals surface area contributed by atoms with Crippen LogP contribution in [0.5, 0.6) is 5.75 Å². The Kier molecular flexibility index (Phi) is 3.96. The normalized spacial score (nSPS) is 16.6. The zero-order chi connectivity index (χ0) is 15.4. The highest BCUT2D eigenvalue weighted by Gasteiger charge is 2.16. The van der Waals surface area contributed by atoms with Crippen LogP contribution in [0.25, 0.3) is 6.08 Å². The number of nitrogens with one attached hydrogen (secondary N) is 1. The molecule has 1 amide bonds. The number of carbonyl (C=O) groups excluding carboxylic acids is 1. The number of aromatic nitrogens is 1. The van der Waals surface area contributed by atoms with E-state index in [1.807, 2.05) is 37.3 Å². The summed E-state index contributed by atoms with van der Waals surface area (Å²) in [7, 11) is 0. The fourth-order valence-electron chi connectivity index (χ4n) is 2.13. The minimum Gasteiger partial charge on any atom is -0.485 e. The van der Waals surface area contributed by atoms with Crippen LogP contribution in [0.4, 0.5) is 0 Å². The van der Waals surface area contributed by atoms with Crippen molar-refractivity contribution in [1.82, 2.24) is 10.4 Å². The van der Waals surface area contributed by atoms with Crippen molar-refractivity contribution in [1.29, 1.82) is 0 Å². The molecule has 0 fully saturated rings. The highest BCUT2D eigenvalue weighted by molar-refractivity contribution is 5.95. The summed E-state index contributed by atoms with van der Waals surface area (Å²) in [5.41, 5.74) is 4.84. The van der Waals surface area contributed by atoms with Crippen LogP contribution < -0.4 is 10.2 Å². The Morgan fingerprint density at radius 3 is 3.00 bits per heavy atom. The first kappa shape index (κ1) is 14.0. The molecule has 0 saturated carbocycles. The van der Waals surface area contributed by atoms with Gasteiger partial charge in [-0.15, -0.1) is 0 Å². The number of hydrazone groups is 1. The monoisotopic (exact) mass is 293 g/mol. The first-order valence-electron chi connectivity index (χ1n) is 6.95. The molecule has 22 heavy (non-hydrogen) atoms. The van der Waals surface area contributed by atoms with Gasteiger partial charge in [0.05, 0.1) is 11.8 Å². The molecule has 2 aromatic rings. The summed E-state index contributed by atoms with van der Waals surface area (Å²) in [6.45, 7) is 1.94. The molecule has 0 radical (unpaired) electrons. The lowest BCUT2D eigenvalue weighted by molar-refractivity contribution is 0.0954. The molecule has 5 heteroatoms. The van der Waals surface area contributed by atoms with Gasteiger partial charge < -0.3 is 4.74 Å². The van der Waals surface area contributed by atoms with E-state index in [2.05, 4.69) is 15.5 Å². The minimum absolute atomic E-state index is 0.117. The zero-order valence-corrected chi connectivity index (χ0v) is 12.1. The number of fused-ring (bicyclic) bond motifs is 1. The third-order valence-corrected chi connectivity index (χ3v) is 3.32. The number of ether oxygens (including phenoxy) is 1. The van der Waals surface area contributed by atoms with E-state index in [1.165, 1.54) is 6.20 Å². The molecule has 1 aromatic heterocycles. The molecule has 1 atom stereocenters. The molecule has 3 rings (SSSR count). The average molecular weight is 293 g/mol. The lowest BCUT2D eigenvalue weighted by Crippen LogP contribution is -2.22. The van der Waals surface area contributed by atoms with Crippen LogP contribution in [0.2, 0.25) is 0 Å². The molecular formula is C17H15N3O2. The second-order valence-electron chi connectivity index (χ2n) is 4.88. The molecule has 1 aromatic carbocycles. The van der Waals surface area contributed by atoms with Crippen LogP contribution in [0.15, 0.2) is 59.5 Å². The topological polar surface area (TPSA) is 63.6 Å². The molecule has 1 aliphatic heterocycles. The van der Waals surface area contributed by atoms with Crippen molar-refractivity contribution < 1.29 is 9.53 Å². The second-order valence-corrected chi connectivity index (χ2v) is 4.88. The number of hydrogen-bond acceptors (Lipinski definition) is 4. The summed E-state index contributed by atoms with van der Waals surface area (Å²) in [6.07, 6.45) is 6.60. The lowest BCUT2D eigenvalue weighted by atomic mass is 10.0. The van der Waals surface area contributed by atoms with Gasteiger partial charge >= 0.3 is 0 Å². The van der Waals surface area contributed by atoms with E-state index in [-0.39, 0.29) is 12.0 Å². The fourth-order valence-corrected chi connectivity index (χ4v) is 2.13. The molecule has 1 N–H and O–H groups in total. The van der Waals surface area contributed by atoms with E-state index in [1.54, 1.807) is 24.5 Å². The third-order valence-electron chi connectivity index (χ3n) is 3.32. The van der Waals surface area contributed by atoms with Crippen LogP contribution in [-0.4, -0.2) is 23.2 Å². The lowest BCUT2D eigenvalue weighted by Gasteiger charge is -2.22. The number of hydrogen-bond donors (Lipinski definition) is 1. The molecule has 0 spiro atoms. The highest BCUT2D eigenvalue weighted by atomic mass is 16.5. The van der Waals surface area contributed by atoms with Crippen molar-refractivity contribution in [2.75, 3.05) is 0 Å². The zero-order valence-electron chi connectivity index (χ0n) is 12.1. The van der Waals surface area contributed by atoms with Crippen molar-refractivity contribution in [3.05, 3.63) is 65.5 Å². The first-order valence-corrected chi connectivity index (χ1v) is 6.95. The Labute approximate surface area is 128 Å². The second kappa shape index (κ2) is 6.22. The standard InChI is InChI=1S/C17H15N3O2/c1-12-15(9-13-5-2-3-7-16(13)22-12)11-19-20-17(21)14-6-4-8-18-10-14/h2-12H,1H3,(H,20,21)/t12-/m0/s1. The van der Waals surface area contributed by atoms with E-state index in [0.717, 1.165) is 16.9 Å². The summed E-state index contributed by atoms with van der Waals surface area (Å²) in [5, 5.41) is 3.99. The van der Waals surface area contributed by atoms with E-state index < -0.39 is 0 Å². The van der Waals surface area contributed by atoms with Gasteiger partial charge in [-0.25, -0.2) is 5.43 Å². The minimum atomic E-state index is -0.297. The highest BCUT2D eigenvalue weighted by Crippen LogP contribution is 2.28. The van der Waals surface area contributed by atoms with E-state index in [0.29, 0.717) is 5.56 Å². The average Bonchev–Trinajstić information content (AvgIpc) is 2.56. The van der Waals surface area contributed by atoms with Crippen molar-refractivity contribution >= 4 is 18.2 Å². The summed E-state index contributed by atoms with van der Waals surface area (Å²) in [4.78, 5) is 15.7. The summed E-state index contributed by atoms with van der Waals surface area (Å²) in [6, 6.07) is 11.2. The van der Waals surface area contributed by atoms with Crippen molar-refractivity contribution in [2.45, 2.75) is 13.0 Å². The van der Waals surface area contributed by atoms with E-state index >= 15 is 0 Å². The Balaban J connectivity index is 1.71. The van der Waals surface area contributed by atoms with Gasteiger partial charge in [-0.05, 0) is 31.2 Å². The molecule has 5 nitrogen and oxygen atoms in total. The maximum atomic E-state index is 11.9. The van der Waals surface area contributed by atoms with Crippen LogP contribution in [-0.2, 0) is 0 Å². The fraction of sp³-hybridized carbons (Fsp3) is 0.118. The predicted octanol–water partition coefficient (Wildman–Crippen LogP) is 2.66. The Hall–Kier alpha value is -2.95. The number of carbonyl (C=O) groups is 1. The quantitative estimate of drug-likeness (QED) is 0.699. The first-order chi connectivity index (χ1) is 10.7. The molecule has 0 saturated heterocycles. The number of para-hydroxylation sites is 1. The van der Waals surface area contributed by atoms with Gasteiger partial charge in [0.2, 0.25) is 0 Å². The summed E-state index contributed by atoms with van der Waals surface area (Å²) < 4.78 is 5.80. The van der Waals surface area contributed by atoms with Crippen LogP contribution in [0.3, 0.4) is 0 Å². The molecule has 1 aliphatic rings. The van der Waals surface area contributed by atoms with Gasteiger partial charge in [-0.3, -0.25) is 9.78 Å². The molecule has 0 bridgehead atoms. The maximum Gasteiger partial charge on any atom is 0.272 e. The van der Waals surface area contributed by atoms with Gasteiger partial charge in [-0.2, -0.15) is 5.10 Å². The number of pyridine rings is 1. The van der Waals surface area contributed by atoms with Crippen molar-refractivity contribution in [2.24, 2.45) is 5.10 Å². The van der Waals surface area contributed by atoms with E-state index in [9.17, 15) is 4.79 Å². The van der Waals surface area contributed by atoms with Crippen molar-refractivity contribution in [3.63, 3.8) is 0 Å². The molecule has 2 heterocycles. The molecule has 0 aliphatic carbocycles. The maximum absolute atomic E-state index is 11.9. The van der Waals surface area contributed by atoms with Gasteiger partial charge in [-0.1, -0.05) is 18.2 Å². The largest absolute Gasteiger partial charge is 0.485 e. The molecular weight excluding hydrogens is 278 g/mol. The molecule has 110 valence electrons. The Bertz CT molecular complexity index is 739. The number of benzene rings is 1. The third kappa shape index (κ3) is 3.03. The van der Waals surface area contributed by atoms with E-state index in [4.69, 9.17) is 4.74 Å². The Morgan fingerprint density at radius 2 is 2.18 bits per heavy atom. The van der Waals surface area contributed by atoms with Crippen LogP contribution >= 0.6 is 0 Å². The van der Waals surface area contributed by atoms with Gasteiger partial charge in [0, 0.05) is 23.5 Å². The smallest absolute Gasteiger partial charge is 0.272 e. The number of amides is 1. The summed E-state index contributed by atoms with van der Waals surface area (Å²) in [5.74, 6) is 0.557. The van der Waals surface area contributed by atoms with Gasteiger partial charge in [0.15, 0.2) is 0 Å². The van der Waals surface area contributed by atoms with Crippen LogP contribution in [0.1, 0.15) is 22.8 Å². The SMILES string of the molecule is C[C@@H]1Oc2ccccc2C=C1C=NNC(=O)c1cccnc1. The molecule has 0 unspecified atom stereocenters. The van der Waals surface area contributed by atoms with Crippen molar-refractivity contribution in [3.8, 4) is 5.75 Å². The van der Waals surface area contributed by atoms with Crippen LogP contribution in [0, 0.1) is 0 Å². The number of nitrogens with zero attached hydrogens (tertiary/aromatic N) is 2. The number of rotatable bonds is 3. The predicted molar refractivity (Wildman–Crippen MR) is 84.7 cm³/mol. The van der Waals surface area contributed by atoms with Gasteiger partial charge in [0.1, 0.15) is 11.9 Å². The summed E-state index contributed by atoms with van der Waals surface area (Å²) >= 11 is 0.